The Morgan fingerprint density at radius 1 is 1.38 bits per heavy atom. The van der Waals surface area contributed by atoms with Gasteiger partial charge in [0, 0.05) is 10.9 Å². The van der Waals surface area contributed by atoms with Gasteiger partial charge in [-0.3, -0.25) is 4.79 Å². The quantitative estimate of drug-likeness (QED) is 0.416. The molecular weight excluding hydrogens is 434 g/mol. The summed E-state index contributed by atoms with van der Waals surface area (Å²) in [5.74, 6) is 6.31. The fourth-order valence-electron chi connectivity index (χ4n) is 3.21. The molecule has 0 bridgehead atoms. The number of carbonyl (C=O) groups is 1. The number of nitrogens with two attached hydrogens (primary N) is 1. The molecule has 3 aromatic heterocycles. The van der Waals surface area contributed by atoms with Crippen molar-refractivity contribution < 1.29 is 4.79 Å². The zero-order chi connectivity index (χ0) is 20.0. The largest absolute Gasteiger partial charge is 0.396 e. The van der Waals surface area contributed by atoms with Crippen LogP contribution in [0.25, 0.3) is 16.7 Å². The molecule has 0 unspecified atom stereocenters. The van der Waals surface area contributed by atoms with E-state index in [2.05, 4.69) is 53.1 Å². The Morgan fingerprint density at radius 3 is 3.03 bits per heavy atom. The molecule has 4 aromatic rings. The molecule has 1 aromatic carbocycles. The van der Waals surface area contributed by atoms with Crippen LogP contribution in [0.1, 0.15) is 35.6 Å². The van der Waals surface area contributed by atoms with Crippen LogP contribution in [0, 0.1) is 11.8 Å². The topological polar surface area (TPSA) is 114 Å². The maximum absolute atomic E-state index is 12.7. The van der Waals surface area contributed by atoms with Gasteiger partial charge in [-0.1, -0.05) is 12.0 Å². The number of anilines is 1. The molecule has 9 heteroatoms. The first-order valence-corrected chi connectivity index (χ1v) is 9.88. The standard InChI is InChI=1S/C20H16BrN7O/c21-13-4-1-5-15-16(13)26-17(25-15)19(29)27-20(8-9-20)7-2-3-12-11-23-18-14(22)6-10-24-28(12)18/h1,4-6,10-11H,7-9,22H2,(H,25,26)(H,27,29). The van der Waals surface area contributed by atoms with Crippen LogP contribution in [-0.2, 0) is 0 Å². The van der Waals surface area contributed by atoms with Crippen molar-refractivity contribution >= 4 is 44.2 Å². The number of amides is 1. The predicted octanol–water partition coefficient (Wildman–Crippen LogP) is 2.65. The molecule has 5 rings (SSSR count). The van der Waals surface area contributed by atoms with Gasteiger partial charge in [-0.25, -0.2) is 14.5 Å². The Morgan fingerprint density at radius 2 is 2.24 bits per heavy atom. The van der Waals surface area contributed by atoms with Gasteiger partial charge in [0.15, 0.2) is 11.5 Å². The molecule has 144 valence electrons. The summed E-state index contributed by atoms with van der Waals surface area (Å²) in [4.78, 5) is 24.4. The third-order valence-corrected chi connectivity index (χ3v) is 5.63. The fourth-order valence-corrected chi connectivity index (χ4v) is 3.66. The van der Waals surface area contributed by atoms with E-state index in [9.17, 15) is 4.79 Å². The van der Waals surface area contributed by atoms with Crippen LogP contribution in [0.4, 0.5) is 5.69 Å². The van der Waals surface area contributed by atoms with Crippen molar-refractivity contribution in [3.05, 3.63) is 52.7 Å². The van der Waals surface area contributed by atoms with Crippen LogP contribution >= 0.6 is 15.9 Å². The number of imidazole rings is 2. The molecule has 1 fully saturated rings. The zero-order valence-corrected chi connectivity index (χ0v) is 16.8. The number of hydrogen-bond acceptors (Lipinski definition) is 5. The number of rotatable bonds is 3. The van der Waals surface area contributed by atoms with E-state index in [0.29, 0.717) is 29.3 Å². The smallest absolute Gasteiger partial charge is 0.287 e. The maximum Gasteiger partial charge on any atom is 0.287 e. The minimum absolute atomic E-state index is 0.225. The summed E-state index contributed by atoms with van der Waals surface area (Å²) in [6, 6.07) is 7.38. The van der Waals surface area contributed by atoms with Gasteiger partial charge in [0.05, 0.1) is 29.1 Å². The fraction of sp³-hybridized carbons (Fsp3) is 0.200. The lowest BCUT2D eigenvalue weighted by molar-refractivity contribution is 0.0923. The van der Waals surface area contributed by atoms with Gasteiger partial charge >= 0.3 is 0 Å². The van der Waals surface area contributed by atoms with Crippen LogP contribution in [0.15, 0.2) is 41.1 Å². The number of nitrogen functional groups attached to an aromatic ring is 1. The lowest BCUT2D eigenvalue weighted by Crippen LogP contribution is -2.37. The second-order valence-corrected chi connectivity index (χ2v) is 7.95. The van der Waals surface area contributed by atoms with Crippen LogP contribution in [0.3, 0.4) is 0 Å². The number of nitrogens with one attached hydrogen (secondary N) is 2. The number of para-hydroxylation sites is 1. The zero-order valence-electron chi connectivity index (χ0n) is 15.2. The van der Waals surface area contributed by atoms with Crippen molar-refractivity contribution in [2.24, 2.45) is 0 Å². The molecule has 1 aliphatic carbocycles. The SMILES string of the molecule is Nc1ccnn2c(C#CCC3(NC(=O)c4nc5c(Br)cccc5[nH]4)CC3)cnc12. The molecule has 0 saturated heterocycles. The van der Waals surface area contributed by atoms with Crippen molar-refractivity contribution in [3.8, 4) is 11.8 Å². The minimum Gasteiger partial charge on any atom is -0.396 e. The van der Waals surface area contributed by atoms with E-state index in [-0.39, 0.29) is 11.4 Å². The number of benzene rings is 1. The summed E-state index contributed by atoms with van der Waals surface area (Å²) in [7, 11) is 0. The van der Waals surface area contributed by atoms with Crippen molar-refractivity contribution in [1.82, 2.24) is 29.9 Å². The average molecular weight is 450 g/mol. The molecule has 0 atom stereocenters. The molecule has 1 aliphatic rings. The molecule has 3 heterocycles. The van der Waals surface area contributed by atoms with Crippen molar-refractivity contribution in [2.45, 2.75) is 24.8 Å². The second-order valence-electron chi connectivity index (χ2n) is 7.10. The van der Waals surface area contributed by atoms with Crippen LogP contribution in [0.5, 0.6) is 0 Å². The van der Waals surface area contributed by atoms with Crippen LogP contribution < -0.4 is 11.1 Å². The summed E-state index contributed by atoms with van der Waals surface area (Å²) in [6.45, 7) is 0. The number of fused-ring (bicyclic) bond motifs is 2. The number of aromatic amines is 1. The van der Waals surface area contributed by atoms with E-state index in [0.717, 1.165) is 28.3 Å². The Hall–Kier alpha value is -3.38. The normalized spacial score (nSPS) is 14.5. The number of nitrogens with zero attached hydrogens (tertiary/aromatic N) is 4. The molecule has 0 radical (unpaired) electrons. The Labute approximate surface area is 174 Å². The number of aromatic nitrogens is 5. The van der Waals surface area contributed by atoms with Gasteiger partial charge in [0.25, 0.3) is 5.91 Å². The number of hydrogen-bond donors (Lipinski definition) is 3. The number of carbonyl (C=O) groups excluding carboxylic acids is 1. The predicted molar refractivity (Wildman–Crippen MR) is 112 cm³/mol. The lowest BCUT2D eigenvalue weighted by atomic mass is 10.2. The Balaban J connectivity index is 1.32. The molecule has 29 heavy (non-hydrogen) atoms. The molecule has 1 saturated carbocycles. The minimum atomic E-state index is -0.312. The van der Waals surface area contributed by atoms with Crippen LogP contribution in [-0.4, -0.2) is 36.0 Å². The van der Waals surface area contributed by atoms with E-state index in [1.54, 1.807) is 23.0 Å². The number of halogens is 1. The van der Waals surface area contributed by atoms with Crippen molar-refractivity contribution in [2.75, 3.05) is 5.73 Å². The molecule has 8 nitrogen and oxygen atoms in total. The van der Waals surface area contributed by atoms with E-state index in [1.807, 2.05) is 18.2 Å². The van der Waals surface area contributed by atoms with Crippen molar-refractivity contribution in [1.29, 1.82) is 0 Å². The first kappa shape index (κ1) is 17.7. The molecule has 4 N–H and O–H groups in total. The average Bonchev–Trinajstić information content (AvgIpc) is 3.13. The van der Waals surface area contributed by atoms with Crippen LogP contribution in [0.2, 0.25) is 0 Å². The first-order valence-electron chi connectivity index (χ1n) is 9.09. The molecule has 0 aliphatic heterocycles. The maximum atomic E-state index is 12.7. The van der Waals surface area contributed by atoms with E-state index in [1.165, 1.54) is 0 Å². The van der Waals surface area contributed by atoms with Gasteiger partial charge < -0.3 is 16.0 Å². The molecular formula is C20H16BrN7O. The first-order chi connectivity index (χ1) is 14.0. The van der Waals surface area contributed by atoms with E-state index in [4.69, 9.17) is 5.73 Å². The Bertz CT molecular complexity index is 1320. The summed E-state index contributed by atoms with van der Waals surface area (Å²) < 4.78 is 2.46. The van der Waals surface area contributed by atoms with Gasteiger partial charge in [-0.2, -0.15) is 5.10 Å². The lowest BCUT2D eigenvalue weighted by Gasteiger charge is -2.12. The van der Waals surface area contributed by atoms with E-state index < -0.39 is 0 Å². The van der Waals surface area contributed by atoms with Gasteiger partial charge in [0.2, 0.25) is 0 Å². The highest BCUT2D eigenvalue weighted by molar-refractivity contribution is 9.10. The summed E-state index contributed by atoms with van der Waals surface area (Å²) in [5, 5.41) is 7.32. The summed E-state index contributed by atoms with van der Waals surface area (Å²) >= 11 is 3.46. The van der Waals surface area contributed by atoms with Gasteiger partial charge in [-0.05, 0) is 52.9 Å². The van der Waals surface area contributed by atoms with Gasteiger partial charge in [-0.15, -0.1) is 0 Å². The highest BCUT2D eigenvalue weighted by atomic mass is 79.9. The Kier molecular flexibility index (Phi) is 4.03. The summed E-state index contributed by atoms with van der Waals surface area (Å²) in [5.41, 5.74) is 8.93. The van der Waals surface area contributed by atoms with Crippen molar-refractivity contribution in [3.63, 3.8) is 0 Å². The highest BCUT2D eigenvalue weighted by Gasteiger charge is 2.43. The van der Waals surface area contributed by atoms with E-state index >= 15 is 0 Å². The third kappa shape index (κ3) is 3.21. The second kappa shape index (κ2) is 6.60. The molecule has 0 spiro atoms. The summed E-state index contributed by atoms with van der Waals surface area (Å²) in [6.07, 6.45) is 5.57. The monoisotopic (exact) mass is 449 g/mol. The molecule has 1 amide bonds. The van der Waals surface area contributed by atoms with Gasteiger partial charge in [0.1, 0.15) is 11.2 Å². The highest BCUT2D eigenvalue weighted by Crippen LogP contribution is 2.38. The number of H-pyrrole nitrogens is 1. The third-order valence-electron chi connectivity index (χ3n) is 4.99.